The molecule has 0 aliphatic rings. The van der Waals surface area contributed by atoms with Gasteiger partial charge in [0, 0.05) is 17.7 Å². The summed E-state index contributed by atoms with van der Waals surface area (Å²) in [4.78, 5) is 0. The first-order valence-corrected chi connectivity index (χ1v) is 4.28. The molecule has 4 heteroatoms. The predicted octanol–water partition coefficient (Wildman–Crippen LogP) is 2.35. The van der Waals surface area contributed by atoms with E-state index in [1.807, 2.05) is 0 Å². The minimum Gasteiger partial charge on any atom is -0.496 e. The Balaban J connectivity index is 2.98. The van der Waals surface area contributed by atoms with Crippen molar-refractivity contribution in [3.63, 3.8) is 0 Å². The van der Waals surface area contributed by atoms with Gasteiger partial charge in [0.2, 0.25) is 0 Å². The second-order valence-electron chi connectivity index (χ2n) is 2.90. The van der Waals surface area contributed by atoms with E-state index in [9.17, 15) is 8.78 Å². The van der Waals surface area contributed by atoms with Crippen LogP contribution in [0.5, 0.6) is 5.75 Å². The van der Waals surface area contributed by atoms with Crippen molar-refractivity contribution >= 4 is 0 Å². The Morgan fingerprint density at radius 3 is 2.64 bits per heavy atom. The zero-order valence-corrected chi connectivity index (χ0v) is 8.18. The Kier molecular flexibility index (Phi) is 3.83. The molecule has 1 rings (SSSR count). The highest BCUT2D eigenvalue weighted by molar-refractivity contribution is 5.37. The standard InChI is InChI=1S/C10H13F2NO/c1-13-6-8-4-3-7(10(11)12)5-9(8)14-2/h3-5,10,13H,6H2,1-2H3. The average Bonchev–Trinajstić information content (AvgIpc) is 2.18. The lowest BCUT2D eigenvalue weighted by molar-refractivity contribution is 0.151. The molecular weight excluding hydrogens is 188 g/mol. The van der Waals surface area contributed by atoms with Crippen molar-refractivity contribution in [3.05, 3.63) is 29.3 Å². The molecule has 0 fully saturated rings. The lowest BCUT2D eigenvalue weighted by Crippen LogP contribution is -2.06. The molecule has 0 heterocycles. The Morgan fingerprint density at radius 1 is 1.43 bits per heavy atom. The van der Waals surface area contributed by atoms with Crippen LogP contribution >= 0.6 is 0 Å². The van der Waals surface area contributed by atoms with Crippen molar-refractivity contribution in [1.29, 1.82) is 0 Å². The lowest BCUT2D eigenvalue weighted by atomic mass is 10.1. The van der Waals surface area contributed by atoms with Gasteiger partial charge in [0.1, 0.15) is 5.75 Å². The maximum Gasteiger partial charge on any atom is 0.263 e. The SMILES string of the molecule is CNCc1ccc(C(F)F)cc1OC. The fourth-order valence-electron chi connectivity index (χ4n) is 1.23. The molecule has 0 aliphatic carbocycles. The number of rotatable bonds is 4. The van der Waals surface area contributed by atoms with Crippen LogP contribution in [-0.2, 0) is 6.54 Å². The minimum absolute atomic E-state index is 0.0123. The highest BCUT2D eigenvalue weighted by Crippen LogP contribution is 2.26. The van der Waals surface area contributed by atoms with E-state index in [4.69, 9.17) is 4.74 Å². The molecule has 0 unspecified atom stereocenters. The first-order valence-electron chi connectivity index (χ1n) is 4.28. The van der Waals surface area contributed by atoms with E-state index < -0.39 is 6.43 Å². The molecule has 0 spiro atoms. The van der Waals surface area contributed by atoms with Crippen LogP contribution in [-0.4, -0.2) is 14.2 Å². The molecule has 0 aromatic heterocycles. The number of benzene rings is 1. The molecule has 1 aromatic carbocycles. The van der Waals surface area contributed by atoms with Crippen molar-refractivity contribution < 1.29 is 13.5 Å². The van der Waals surface area contributed by atoms with Crippen molar-refractivity contribution in [2.24, 2.45) is 0 Å². The maximum absolute atomic E-state index is 12.3. The lowest BCUT2D eigenvalue weighted by Gasteiger charge is -2.09. The number of nitrogens with one attached hydrogen (secondary N) is 1. The summed E-state index contributed by atoms with van der Waals surface area (Å²) in [5.41, 5.74) is 0.862. The quantitative estimate of drug-likeness (QED) is 0.807. The Bertz CT molecular complexity index is 302. The van der Waals surface area contributed by atoms with Gasteiger partial charge in [-0.15, -0.1) is 0 Å². The van der Waals surface area contributed by atoms with Gasteiger partial charge in [0.05, 0.1) is 7.11 Å². The summed E-state index contributed by atoms with van der Waals surface area (Å²) in [5.74, 6) is 0.497. The summed E-state index contributed by atoms with van der Waals surface area (Å²) >= 11 is 0. The van der Waals surface area contributed by atoms with E-state index in [0.29, 0.717) is 12.3 Å². The third-order valence-electron chi connectivity index (χ3n) is 1.93. The fourth-order valence-corrected chi connectivity index (χ4v) is 1.23. The van der Waals surface area contributed by atoms with Gasteiger partial charge in [-0.25, -0.2) is 8.78 Å². The zero-order valence-electron chi connectivity index (χ0n) is 8.18. The van der Waals surface area contributed by atoms with E-state index in [0.717, 1.165) is 5.56 Å². The minimum atomic E-state index is -2.45. The highest BCUT2D eigenvalue weighted by Gasteiger charge is 2.10. The molecule has 0 saturated carbocycles. The maximum atomic E-state index is 12.3. The summed E-state index contributed by atoms with van der Waals surface area (Å²) in [5, 5.41) is 2.94. The van der Waals surface area contributed by atoms with Gasteiger partial charge < -0.3 is 10.1 Å². The van der Waals surface area contributed by atoms with Gasteiger partial charge in [-0.3, -0.25) is 0 Å². The molecule has 0 bridgehead atoms. The molecule has 0 saturated heterocycles. The fraction of sp³-hybridized carbons (Fsp3) is 0.400. The number of ether oxygens (including phenoxy) is 1. The Morgan fingerprint density at radius 2 is 2.14 bits per heavy atom. The molecular formula is C10H13F2NO. The highest BCUT2D eigenvalue weighted by atomic mass is 19.3. The number of hydrogen-bond donors (Lipinski definition) is 1. The van der Waals surface area contributed by atoms with Crippen LogP contribution in [0.25, 0.3) is 0 Å². The van der Waals surface area contributed by atoms with E-state index in [2.05, 4.69) is 5.32 Å². The van der Waals surface area contributed by atoms with E-state index in [1.54, 1.807) is 13.1 Å². The van der Waals surface area contributed by atoms with Gasteiger partial charge in [0.25, 0.3) is 6.43 Å². The van der Waals surface area contributed by atoms with Crippen molar-refractivity contribution in [2.75, 3.05) is 14.2 Å². The summed E-state index contributed by atoms with van der Waals surface area (Å²) < 4.78 is 29.7. The molecule has 0 amide bonds. The Labute approximate surface area is 81.9 Å². The number of halogens is 2. The molecule has 1 aromatic rings. The first-order chi connectivity index (χ1) is 6.69. The Hall–Kier alpha value is -1.16. The predicted molar refractivity (Wildman–Crippen MR) is 50.7 cm³/mol. The van der Waals surface area contributed by atoms with Gasteiger partial charge in [-0.05, 0) is 13.1 Å². The largest absolute Gasteiger partial charge is 0.496 e. The molecule has 14 heavy (non-hydrogen) atoms. The van der Waals surface area contributed by atoms with Crippen LogP contribution in [0.1, 0.15) is 17.6 Å². The molecule has 0 aliphatic heterocycles. The van der Waals surface area contributed by atoms with E-state index in [-0.39, 0.29) is 5.56 Å². The number of methoxy groups -OCH3 is 1. The van der Waals surface area contributed by atoms with Crippen LogP contribution in [0, 0.1) is 0 Å². The van der Waals surface area contributed by atoms with Gasteiger partial charge in [-0.2, -0.15) is 0 Å². The van der Waals surface area contributed by atoms with E-state index in [1.165, 1.54) is 19.2 Å². The first kappa shape index (κ1) is 10.9. The van der Waals surface area contributed by atoms with Crippen LogP contribution in [0.3, 0.4) is 0 Å². The summed E-state index contributed by atoms with van der Waals surface area (Å²) in [6.07, 6.45) is -2.45. The monoisotopic (exact) mass is 201 g/mol. The van der Waals surface area contributed by atoms with Crippen molar-refractivity contribution in [1.82, 2.24) is 5.32 Å². The third-order valence-corrected chi connectivity index (χ3v) is 1.93. The summed E-state index contributed by atoms with van der Waals surface area (Å²) in [6.45, 7) is 0.604. The average molecular weight is 201 g/mol. The number of alkyl halides is 2. The molecule has 2 nitrogen and oxygen atoms in total. The normalized spacial score (nSPS) is 10.6. The third kappa shape index (κ3) is 2.42. The topological polar surface area (TPSA) is 21.3 Å². The van der Waals surface area contributed by atoms with Crippen LogP contribution in [0.15, 0.2) is 18.2 Å². The van der Waals surface area contributed by atoms with Gasteiger partial charge in [0.15, 0.2) is 0 Å². The summed E-state index contributed by atoms with van der Waals surface area (Å²) in [6, 6.07) is 4.44. The second kappa shape index (κ2) is 4.91. The second-order valence-corrected chi connectivity index (χ2v) is 2.90. The van der Waals surface area contributed by atoms with Gasteiger partial charge >= 0.3 is 0 Å². The smallest absolute Gasteiger partial charge is 0.263 e. The van der Waals surface area contributed by atoms with Crippen LogP contribution in [0.2, 0.25) is 0 Å². The van der Waals surface area contributed by atoms with Crippen molar-refractivity contribution in [2.45, 2.75) is 13.0 Å². The van der Waals surface area contributed by atoms with E-state index >= 15 is 0 Å². The number of hydrogen-bond acceptors (Lipinski definition) is 2. The molecule has 78 valence electrons. The van der Waals surface area contributed by atoms with Gasteiger partial charge in [-0.1, -0.05) is 12.1 Å². The van der Waals surface area contributed by atoms with Crippen LogP contribution in [0.4, 0.5) is 8.78 Å². The van der Waals surface area contributed by atoms with Crippen LogP contribution < -0.4 is 10.1 Å². The molecule has 0 radical (unpaired) electrons. The molecule has 0 atom stereocenters. The van der Waals surface area contributed by atoms with Crippen molar-refractivity contribution in [3.8, 4) is 5.75 Å². The zero-order chi connectivity index (χ0) is 10.6. The molecule has 1 N–H and O–H groups in total. The summed E-state index contributed by atoms with van der Waals surface area (Å²) in [7, 11) is 3.27.